The summed E-state index contributed by atoms with van der Waals surface area (Å²) < 4.78 is 5.01. The number of aliphatic hydroxyl groups excluding tert-OH is 1. The second-order valence-electron chi connectivity index (χ2n) is 6.78. The Morgan fingerprint density at radius 2 is 1.53 bits per heavy atom. The fraction of sp³-hybridized carbons (Fsp3) is 0.318. The third-order valence-corrected chi connectivity index (χ3v) is 4.31. The van der Waals surface area contributed by atoms with Crippen LogP contribution in [0.5, 0.6) is 0 Å². The molecule has 2 atom stereocenters. The zero-order valence-electron chi connectivity index (χ0n) is 16.5. The third-order valence-electron chi connectivity index (χ3n) is 4.31. The average Bonchev–Trinajstić information content (AvgIpc) is 2.75. The predicted molar refractivity (Wildman–Crippen MR) is 110 cm³/mol. The van der Waals surface area contributed by atoms with E-state index in [0.717, 1.165) is 11.1 Å². The van der Waals surface area contributed by atoms with Crippen LogP contribution in [0.1, 0.15) is 24.0 Å². The van der Waals surface area contributed by atoms with Crippen LogP contribution < -0.4 is 10.6 Å². The number of rotatable bonds is 11. The number of amides is 2. The van der Waals surface area contributed by atoms with E-state index < -0.39 is 30.1 Å². The Morgan fingerprint density at radius 3 is 2.13 bits per heavy atom. The van der Waals surface area contributed by atoms with Gasteiger partial charge in [0.1, 0.15) is 12.6 Å². The van der Waals surface area contributed by atoms with Gasteiger partial charge in [-0.1, -0.05) is 60.7 Å². The molecule has 0 aliphatic heterocycles. The molecule has 0 heterocycles. The van der Waals surface area contributed by atoms with Crippen molar-refractivity contribution in [1.82, 2.24) is 10.6 Å². The standard InChI is InChI=1S/C22H26N2O6/c25-18(14-23-22(29)30-15-17-9-5-2-6-10-17)13-20(26)24-19(21(27)28)12-11-16-7-3-1-4-8-16/h1-10,18-19,25H,11-15H2,(H,23,29)(H,24,26)(H,27,28)/t18-,19-/m1/s1. The maximum absolute atomic E-state index is 12.1. The normalized spacial score (nSPS) is 12.4. The highest BCUT2D eigenvalue weighted by Gasteiger charge is 2.21. The second kappa shape index (κ2) is 12.2. The number of aliphatic hydroxyl groups is 1. The van der Waals surface area contributed by atoms with Crippen LogP contribution in [-0.2, 0) is 27.4 Å². The number of hydrogen-bond donors (Lipinski definition) is 4. The van der Waals surface area contributed by atoms with Gasteiger partial charge in [0.15, 0.2) is 0 Å². The number of aryl methyl sites for hydroxylation is 1. The number of carbonyl (C=O) groups is 3. The van der Waals surface area contributed by atoms with Gasteiger partial charge in [0.2, 0.25) is 5.91 Å². The molecule has 0 fully saturated rings. The minimum atomic E-state index is -1.17. The Bertz CT molecular complexity index is 813. The van der Waals surface area contributed by atoms with E-state index in [4.69, 9.17) is 4.74 Å². The van der Waals surface area contributed by atoms with Crippen molar-refractivity contribution in [2.75, 3.05) is 6.54 Å². The van der Waals surface area contributed by atoms with E-state index in [1.165, 1.54) is 0 Å². The summed E-state index contributed by atoms with van der Waals surface area (Å²) in [5.74, 6) is -1.75. The number of alkyl carbamates (subject to hydrolysis) is 1. The molecule has 2 amide bonds. The van der Waals surface area contributed by atoms with Crippen LogP contribution in [0.4, 0.5) is 4.79 Å². The zero-order chi connectivity index (χ0) is 21.8. The number of carbonyl (C=O) groups excluding carboxylic acids is 2. The number of carboxylic acid groups (broad SMARTS) is 1. The topological polar surface area (TPSA) is 125 Å². The number of aliphatic carboxylic acids is 1. The molecule has 0 radical (unpaired) electrons. The van der Waals surface area contributed by atoms with Gasteiger partial charge in [0.05, 0.1) is 12.5 Å². The highest BCUT2D eigenvalue weighted by atomic mass is 16.5. The molecule has 0 saturated heterocycles. The molecular formula is C22H26N2O6. The zero-order valence-corrected chi connectivity index (χ0v) is 16.5. The Kier molecular flexibility index (Phi) is 9.33. The van der Waals surface area contributed by atoms with Crippen molar-refractivity contribution in [3.8, 4) is 0 Å². The van der Waals surface area contributed by atoms with Crippen molar-refractivity contribution in [2.45, 2.75) is 38.0 Å². The smallest absolute Gasteiger partial charge is 0.407 e. The van der Waals surface area contributed by atoms with E-state index in [9.17, 15) is 24.6 Å². The van der Waals surface area contributed by atoms with Crippen molar-refractivity contribution in [1.29, 1.82) is 0 Å². The minimum Gasteiger partial charge on any atom is -0.480 e. The van der Waals surface area contributed by atoms with Gasteiger partial charge < -0.3 is 25.6 Å². The fourth-order valence-electron chi connectivity index (χ4n) is 2.73. The Morgan fingerprint density at radius 1 is 0.933 bits per heavy atom. The largest absolute Gasteiger partial charge is 0.480 e. The summed E-state index contributed by atoms with van der Waals surface area (Å²) in [6.07, 6.45) is -1.50. The molecule has 8 heteroatoms. The molecule has 2 aromatic rings. The maximum Gasteiger partial charge on any atom is 0.407 e. The summed E-state index contributed by atoms with van der Waals surface area (Å²) in [6.45, 7) is -0.103. The van der Waals surface area contributed by atoms with Gasteiger partial charge in [0, 0.05) is 6.54 Å². The van der Waals surface area contributed by atoms with Gasteiger partial charge in [0.25, 0.3) is 0 Å². The third kappa shape index (κ3) is 8.74. The molecule has 4 N–H and O–H groups in total. The van der Waals surface area contributed by atoms with Crippen molar-refractivity contribution >= 4 is 18.0 Å². The van der Waals surface area contributed by atoms with Crippen LogP contribution in [0.25, 0.3) is 0 Å². The lowest BCUT2D eigenvalue weighted by Crippen LogP contribution is -2.43. The lowest BCUT2D eigenvalue weighted by atomic mass is 10.0. The van der Waals surface area contributed by atoms with Crippen LogP contribution in [0.3, 0.4) is 0 Å². The quantitative estimate of drug-likeness (QED) is 0.445. The first-order chi connectivity index (χ1) is 14.4. The molecule has 0 saturated carbocycles. The summed E-state index contributed by atoms with van der Waals surface area (Å²) >= 11 is 0. The number of ether oxygens (including phenoxy) is 1. The van der Waals surface area contributed by atoms with Gasteiger partial charge in [-0.25, -0.2) is 9.59 Å². The van der Waals surface area contributed by atoms with E-state index in [1.54, 1.807) is 0 Å². The van der Waals surface area contributed by atoms with Gasteiger partial charge in [-0.05, 0) is 24.0 Å². The number of hydrogen-bond acceptors (Lipinski definition) is 5. The summed E-state index contributed by atoms with van der Waals surface area (Å²) in [7, 11) is 0. The molecule has 0 aliphatic carbocycles. The Labute approximate surface area is 174 Å². The molecule has 160 valence electrons. The van der Waals surface area contributed by atoms with E-state index >= 15 is 0 Å². The number of benzene rings is 2. The minimum absolute atomic E-state index is 0.0883. The molecular weight excluding hydrogens is 388 g/mol. The van der Waals surface area contributed by atoms with Crippen molar-refractivity contribution < 1.29 is 29.3 Å². The summed E-state index contributed by atoms with van der Waals surface area (Å²) in [6, 6.07) is 17.4. The molecule has 0 aromatic heterocycles. The summed E-state index contributed by atoms with van der Waals surface area (Å²) in [5.41, 5.74) is 1.79. The Hall–Kier alpha value is -3.39. The first-order valence-corrected chi connectivity index (χ1v) is 9.62. The lowest BCUT2D eigenvalue weighted by Gasteiger charge is -2.16. The molecule has 30 heavy (non-hydrogen) atoms. The van der Waals surface area contributed by atoms with E-state index in [0.29, 0.717) is 6.42 Å². The van der Waals surface area contributed by atoms with E-state index in [2.05, 4.69) is 10.6 Å². The molecule has 2 rings (SSSR count). The van der Waals surface area contributed by atoms with Crippen LogP contribution in [0.15, 0.2) is 60.7 Å². The van der Waals surface area contributed by atoms with Crippen molar-refractivity contribution in [3.05, 3.63) is 71.8 Å². The summed E-state index contributed by atoms with van der Waals surface area (Å²) in [4.78, 5) is 35.1. The van der Waals surface area contributed by atoms with E-state index in [-0.39, 0.29) is 26.0 Å². The number of carboxylic acids is 1. The van der Waals surface area contributed by atoms with Crippen LogP contribution in [0.2, 0.25) is 0 Å². The Balaban J connectivity index is 1.68. The molecule has 0 spiro atoms. The number of nitrogens with one attached hydrogen (secondary N) is 2. The van der Waals surface area contributed by atoms with Crippen molar-refractivity contribution in [2.24, 2.45) is 0 Å². The molecule has 8 nitrogen and oxygen atoms in total. The van der Waals surface area contributed by atoms with E-state index in [1.807, 2.05) is 60.7 Å². The highest BCUT2D eigenvalue weighted by Crippen LogP contribution is 2.06. The van der Waals surface area contributed by atoms with Gasteiger partial charge in [-0.15, -0.1) is 0 Å². The maximum atomic E-state index is 12.1. The molecule has 0 aliphatic rings. The first kappa shape index (κ1) is 22.9. The van der Waals surface area contributed by atoms with Gasteiger partial charge in [-0.2, -0.15) is 0 Å². The van der Waals surface area contributed by atoms with Crippen LogP contribution >= 0.6 is 0 Å². The predicted octanol–water partition coefficient (Wildman–Crippen LogP) is 1.87. The molecule has 0 unspecified atom stereocenters. The monoisotopic (exact) mass is 414 g/mol. The first-order valence-electron chi connectivity index (χ1n) is 9.62. The highest BCUT2D eigenvalue weighted by molar-refractivity contribution is 5.83. The lowest BCUT2D eigenvalue weighted by molar-refractivity contribution is -0.142. The van der Waals surface area contributed by atoms with Gasteiger partial charge >= 0.3 is 12.1 Å². The molecule has 0 bridgehead atoms. The molecule has 2 aromatic carbocycles. The summed E-state index contributed by atoms with van der Waals surface area (Å²) in [5, 5.41) is 24.0. The van der Waals surface area contributed by atoms with Crippen molar-refractivity contribution in [3.63, 3.8) is 0 Å². The fourth-order valence-corrected chi connectivity index (χ4v) is 2.73. The average molecular weight is 414 g/mol. The van der Waals surface area contributed by atoms with Gasteiger partial charge in [-0.3, -0.25) is 4.79 Å². The SMILES string of the molecule is O=C(C[C@@H](O)CNC(=O)OCc1ccccc1)N[C@H](CCc1ccccc1)C(=O)O. The van der Waals surface area contributed by atoms with Crippen LogP contribution in [-0.4, -0.2) is 46.9 Å². The second-order valence-corrected chi connectivity index (χ2v) is 6.78. The van der Waals surface area contributed by atoms with Crippen LogP contribution in [0, 0.1) is 0 Å².